The number of carbonyl (C=O) groups is 3. The molecule has 0 spiro atoms. The monoisotopic (exact) mass is 300 g/mol. The molecular weight excluding hydrogens is 294 g/mol. The van der Waals surface area contributed by atoms with Gasteiger partial charge < -0.3 is 15.3 Å². The van der Waals surface area contributed by atoms with E-state index in [-0.39, 0.29) is 17.1 Å². The minimum atomic E-state index is -2.92. The summed E-state index contributed by atoms with van der Waals surface area (Å²) in [5, 5.41) is 33.8. The molecule has 101 valence electrons. The topological polar surface area (TPSA) is 164 Å². The molecule has 17 heavy (non-hydrogen) atoms. The van der Waals surface area contributed by atoms with Gasteiger partial charge >= 0.3 is 17.9 Å². The minimum absolute atomic E-state index is 0. The van der Waals surface area contributed by atoms with E-state index in [1.54, 1.807) is 0 Å². The van der Waals surface area contributed by atoms with Crippen molar-refractivity contribution < 1.29 is 56.7 Å². The number of carboxylic acid groups (broad SMARTS) is 3. The Morgan fingerprint density at radius 3 is 1.65 bits per heavy atom. The third-order valence-electron chi connectivity index (χ3n) is 1.51. The molecule has 0 aliphatic carbocycles. The summed E-state index contributed by atoms with van der Waals surface area (Å²) in [6, 6.07) is 0. The number of nitrogens with zero attached hydrogens (tertiary/aromatic N) is 1. The van der Waals surface area contributed by atoms with Gasteiger partial charge in [-0.3, -0.25) is 14.4 Å². The van der Waals surface area contributed by atoms with Crippen molar-refractivity contribution in [3.8, 4) is 0 Å². The first-order valence-corrected chi connectivity index (χ1v) is 3.70. The van der Waals surface area contributed by atoms with Crippen molar-refractivity contribution in [3.63, 3.8) is 0 Å². The van der Waals surface area contributed by atoms with Crippen LogP contribution in [0.25, 0.3) is 0 Å². The maximum Gasteiger partial charge on any atom is 0.337 e. The van der Waals surface area contributed by atoms with Crippen molar-refractivity contribution in [2.24, 2.45) is 0 Å². The van der Waals surface area contributed by atoms with Crippen molar-refractivity contribution in [3.05, 3.63) is 10.1 Å². The Kier molecular flexibility index (Phi) is 6.86. The molecule has 0 unspecified atom stereocenters. The van der Waals surface area contributed by atoms with E-state index >= 15 is 0 Å². The van der Waals surface area contributed by atoms with Crippen LogP contribution in [0.5, 0.6) is 0 Å². The molecule has 1 radical (unpaired) electrons. The first-order valence-electron chi connectivity index (χ1n) is 3.70. The van der Waals surface area contributed by atoms with Gasteiger partial charge in [-0.1, -0.05) is 0 Å². The van der Waals surface area contributed by atoms with E-state index in [1.165, 1.54) is 0 Å². The van der Waals surface area contributed by atoms with Gasteiger partial charge in [0.2, 0.25) is 5.60 Å². The smallest absolute Gasteiger partial charge is 0.337 e. The average molecular weight is 301 g/mol. The summed E-state index contributed by atoms with van der Waals surface area (Å²) in [5.41, 5.74) is -2.92. The molecule has 3 N–H and O–H groups in total. The summed E-state index contributed by atoms with van der Waals surface area (Å²) < 4.78 is 0. The molecule has 0 aromatic carbocycles. The van der Waals surface area contributed by atoms with Gasteiger partial charge in [-0.15, -0.1) is 10.1 Å². The summed E-state index contributed by atoms with van der Waals surface area (Å²) >= 11 is 0. The molecule has 0 aliphatic rings. The van der Waals surface area contributed by atoms with Crippen molar-refractivity contribution in [2.75, 3.05) is 0 Å². The summed E-state index contributed by atoms with van der Waals surface area (Å²) in [4.78, 5) is 45.0. The molecule has 0 amide bonds. The van der Waals surface area contributed by atoms with Crippen molar-refractivity contribution in [1.82, 2.24) is 0 Å². The van der Waals surface area contributed by atoms with Crippen LogP contribution in [0.15, 0.2) is 0 Å². The quantitative estimate of drug-likeness (QED) is 0.302. The Hall–Kier alpha value is -1.87. The number of hydrogen-bond donors (Lipinski definition) is 3. The summed E-state index contributed by atoms with van der Waals surface area (Å²) in [6.07, 6.45) is -2.68. The minimum Gasteiger partial charge on any atom is -0.481 e. The van der Waals surface area contributed by atoms with Crippen LogP contribution in [0, 0.1) is 10.1 Å². The van der Waals surface area contributed by atoms with Gasteiger partial charge in [0.15, 0.2) is 0 Å². The second-order valence-corrected chi connectivity index (χ2v) is 2.76. The normalized spacial score (nSPS) is 9.88. The Bertz CT molecular complexity index is 300. The maximum absolute atomic E-state index is 10.7. The average Bonchev–Trinajstić information content (AvgIpc) is 1.98. The molecule has 0 saturated carbocycles. The molecule has 0 aromatic rings. The van der Waals surface area contributed by atoms with Crippen molar-refractivity contribution in [1.29, 1.82) is 0 Å². The van der Waals surface area contributed by atoms with Crippen LogP contribution >= 0.6 is 0 Å². The van der Waals surface area contributed by atoms with Crippen LogP contribution in [0.2, 0.25) is 0 Å². The van der Waals surface area contributed by atoms with Crippen molar-refractivity contribution in [2.45, 2.75) is 18.4 Å². The van der Waals surface area contributed by atoms with Crippen LogP contribution in [0.1, 0.15) is 12.8 Å². The molecule has 10 nitrogen and oxygen atoms in total. The van der Waals surface area contributed by atoms with Gasteiger partial charge in [-0.05, 0) is 0 Å². The summed E-state index contributed by atoms with van der Waals surface area (Å²) in [5.74, 6) is -5.50. The van der Waals surface area contributed by atoms with Crippen LogP contribution in [-0.4, -0.2) is 43.9 Å². The fraction of sp³-hybridized carbons (Fsp3) is 0.500. The third-order valence-corrected chi connectivity index (χ3v) is 1.51. The van der Waals surface area contributed by atoms with Gasteiger partial charge in [0.1, 0.15) is 0 Å². The van der Waals surface area contributed by atoms with Crippen molar-refractivity contribution >= 4 is 17.9 Å². The summed E-state index contributed by atoms with van der Waals surface area (Å²) in [6.45, 7) is 0. The van der Waals surface area contributed by atoms with E-state index in [4.69, 9.17) is 15.3 Å². The molecule has 0 fully saturated rings. The van der Waals surface area contributed by atoms with E-state index in [0.717, 1.165) is 0 Å². The SMILES string of the molecule is O=C(O)CC(CC(=O)O)(O[N+](=O)[O-])C(=O)O.[Cu]. The van der Waals surface area contributed by atoms with Crippen LogP contribution < -0.4 is 0 Å². The van der Waals surface area contributed by atoms with Crippen LogP contribution in [-0.2, 0) is 36.3 Å². The summed E-state index contributed by atoms with van der Waals surface area (Å²) in [7, 11) is 0. The second-order valence-electron chi connectivity index (χ2n) is 2.76. The molecule has 0 aliphatic heterocycles. The third kappa shape index (κ3) is 5.68. The van der Waals surface area contributed by atoms with E-state index in [1.807, 2.05) is 0 Å². The first kappa shape index (κ1) is 17.5. The fourth-order valence-corrected chi connectivity index (χ4v) is 0.949. The largest absolute Gasteiger partial charge is 0.481 e. The van der Waals surface area contributed by atoms with Gasteiger partial charge in [0.25, 0.3) is 5.09 Å². The fourth-order valence-electron chi connectivity index (χ4n) is 0.949. The number of hydrogen-bond acceptors (Lipinski definition) is 6. The molecule has 0 atom stereocenters. The molecule has 0 rings (SSSR count). The molecule has 0 bridgehead atoms. The Labute approximate surface area is 104 Å². The van der Waals surface area contributed by atoms with E-state index in [2.05, 4.69) is 4.84 Å². The van der Waals surface area contributed by atoms with E-state index in [0.29, 0.717) is 0 Å². The Morgan fingerprint density at radius 1 is 1.12 bits per heavy atom. The Balaban J connectivity index is 0. The van der Waals surface area contributed by atoms with E-state index < -0.39 is 41.4 Å². The zero-order valence-electron chi connectivity index (χ0n) is 7.95. The standard InChI is InChI=1S/C6H7NO9.Cu/c8-3(9)1-6(5(12)13,2-4(10)11)16-7(14)15;/h1-2H2,(H,8,9)(H,10,11)(H,12,13);. The molecule has 0 aromatic heterocycles. The number of aliphatic carboxylic acids is 3. The molecule has 0 saturated heterocycles. The predicted molar refractivity (Wildman–Crippen MR) is 43.0 cm³/mol. The molecule has 11 heteroatoms. The van der Waals surface area contributed by atoms with E-state index in [9.17, 15) is 24.5 Å². The van der Waals surface area contributed by atoms with Gasteiger partial charge in [0, 0.05) is 17.1 Å². The van der Waals surface area contributed by atoms with Gasteiger partial charge in [-0.2, -0.15) is 0 Å². The first-order chi connectivity index (χ1) is 7.19. The van der Waals surface area contributed by atoms with Gasteiger partial charge in [-0.25, -0.2) is 4.79 Å². The number of rotatable bonds is 7. The van der Waals surface area contributed by atoms with Gasteiger partial charge in [0.05, 0.1) is 12.8 Å². The predicted octanol–water partition coefficient (Wildman–Crippen LogP) is -1.03. The molecule has 0 heterocycles. The number of carboxylic acids is 3. The maximum atomic E-state index is 10.7. The van der Waals surface area contributed by atoms with Crippen LogP contribution in [0.3, 0.4) is 0 Å². The Morgan fingerprint density at radius 2 is 1.47 bits per heavy atom. The zero-order chi connectivity index (χ0) is 12.9. The van der Waals surface area contributed by atoms with Crippen LogP contribution in [0.4, 0.5) is 0 Å². The molecular formula is C6H7CuNO9. The zero-order valence-corrected chi connectivity index (χ0v) is 8.90. The second kappa shape index (κ2) is 6.66.